The zero-order valence-corrected chi connectivity index (χ0v) is 14.4. The molecule has 0 aliphatic heterocycles. The summed E-state index contributed by atoms with van der Waals surface area (Å²) < 4.78 is 12.1. The Kier molecular flexibility index (Phi) is 4.07. The molecule has 0 radical (unpaired) electrons. The summed E-state index contributed by atoms with van der Waals surface area (Å²) >= 11 is 1.60. The molecule has 4 nitrogen and oxygen atoms in total. The van der Waals surface area contributed by atoms with Crippen LogP contribution in [0.1, 0.15) is 17.3 Å². The van der Waals surface area contributed by atoms with E-state index in [-0.39, 0.29) is 5.97 Å². The molecule has 0 amide bonds. The van der Waals surface area contributed by atoms with Crippen molar-refractivity contribution in [3.05, 3.63) is 66.2 Å². The topological polar surface area (TPSA) is 52.3 Å². The Morgan fingerprint density at radius 1 is 1.04 bits per heavy atom. The number of ether oxygens (including phenoxy) is 1. The van der Waals surface area contributed by atoms with E-state index in [1.165, 1.54) is 0 Å². The molecule has 0 bridgehead atoms. The molecule has 124 valence electrons. The molecule has 5 heteroatoms. The third-order valence-corrected chi connectivity index (χ3v) is 4.84. The van der Waals surface area contributed by atoms with Gasteiger partial charge in [0, 0.05) is 5.56 Å². The summed E-state index contributed by atoms with van der Waals surface area (Å²) in [5.74, 6) is 1.17. The van der Waals surface area contributed by atoms with Crippen LogP contribution in [-0.4, -0.2) is 17.6 Å². The number of thiazole rings is 1. The minimum atomic E-state index is -0.316. The summed E-state index contributed by atoms with van der Waals surface area (Å²) in [7, 11) is 0. The van der Waals surface area contributed by atoms with Crippen LogP contribution in [0.15, 0.2) is 65.1 Å². The number of benzene rings is 2. The molecular weight excluding hydrogens is 334 g/mol. The van der Waals surface area contributed by atoms with E-state index in [0.717, 1.165) is 32.3 Å². The van der Waals surface area contributed by atoms with E-state index in [4.69, 9.17) is 9.15 Å². The van der Waals surface area contributed by atoms with E-state index < -0.39 is 0 Å². The van der Waals surface area contributed by atoms with Gasteiger partial charge in [-0.15, -0.1) is 11.3 Å². The molecule has 0 N–H and O–H groups in total. The highest BCUT2D eigenvalue weighted by molar-refractivity contribution is 7.21. The second-order valence-corrected chi connectivity index (χ2v) is 6.48. The minimum Gasteiger partial charge on any atom is -0.462 e. The largest absolute Gasteiger partial charge is 0.462 e. The minimum absolute atomic E-state index is 0.316. The van der Waals surface area contributed by atoms with Gasteiger partial charge in [0.25, 0.3) is 0 Å². The Labute approximate surface area is 148 Å². The summed E-state index contributed by atoms with van der Waals surface area (Å²) in [6.45, 7) is 2.16. The molecule has 0 atom stereocenters. The smallest absolute Gasteiger partial charge is 0.338 e. The molecule has 0 saturated heterocycles. The summed E-state index contributed by atoms with van der Waals surface area (Å²) in [5, 5.41) is 0.857. The molecule has 0 saturated carbocycles. The average Bonchev–Trinajstić information content (AvgIpc) is 3.29. The van der Waals surface area contributed by atoms with Crippen LogP contribution in [0.4, 0.5) is 0 Å². The first kappa shape index (κ1) is 15.6. The highest BCUT2D eigenvalue weighted by Gasteiger charge is 2.12. The van der Waals surface area contributed by atoms with Gasteiger partial charge < -0.3 is 9.15 Å². The van der Waals surface area contributed by atoms with E-state index in [1.807, 2.05) is 42.5 Å². The highest BCUT2D eigenvalue weighted by atomic mass is 32.1. The van der Waals surface area contributed by atoms with Crippen molar-refractivity contribution in [3.8, 4) is 22.1 Å². The first-order chi connectivity index (χ1) is 12.2. The lowest BCUT2D eigenvalue weighted by Crippen LogP contribution is -2.03. The Balaban J connectivity index is 1.61. The second kappa shape index (κ2) is 6.53. The van der Waals surface area contributed by atoms with Gasteiger partial charge in [0.2, 0.25) is 0 Å². The standard InChI is InChI=1S/C20H15NO3S/c1-2-23-20(22)14-9-7-13(8-10-14)16-11-12-17(24-16)19-21-15-5-3-4-6-18(15)25-19/h3-12H,2H2,1H3. The van der Waals surface area contributed by atoms with Crippen LogP contribution >= 0.6 is 11.3 Å². The first-order valence-corrected chi connectivity index (χ1v) is 8.79. The van der Waals surface area contributed by atoms with Crippen molar-refractivity contribution in [3.63, 3.8) is 0 Å². The Bertz CT molecular complexity index is 997. The Morgan fingerprint density at radius 3 is 2.56 bits per heavy atom. The van der Waals surface area contributed by atoms with Gasteiger partial charge in [-0.3, -0.25) is 0 Å². The Hall–Kier alpha value is -2.92. The van der Waals surface area contributed by atoms with E-state index >= 15 is 0 Å². The predicted octanol–water partition coefficient (Wildman–Crippen LogP) is 5.40. The van der Waals surface area contributed by atoms with Gasteiger partial charge in [-0.25, -0.2) is 9.78 Å². The van der Waals surface area contributed by atoms with Crippen LogP contribution in [0.5, 0.6) is 0 Å². The number of hydrogen-bond donors (Lipinski definition) is 0. The summed E-state index contributed by atoms with van der Waals surface area (Å²) in [4.78, 5) is 16.3. The van der Waals surface area contributed by atoms with Gasteiger partial charge in [0.1, 0.15) is 5.76 Å². The normalized spacial score (nSPS) is 10.9. The van der Waals surface area contributed by atoms with Crippen molar-refractivity contribution in [2.75, 3.05) is 6.61 Å². The van der Waals surface area contributed by atoms with Crippen molar-refractivity contribution in [1.82, 2.24) is 4.98 Å². The summed E-state index contributed by atoms with van der Waals surface area (Å²) in [5.41, 5.74) is 2.41. The van der Waals surface area contributed by atoms with Gasteiger partial charge >= 0.3 is 5.97 Å². The number of aromatic nitrogens is 1. The lowest BCUT2D eigenvalue weighted by atomic mass is 10.1. The highest BCUT2D eigenvalue weighted by Crippen LogP contribution is 2.33. The summed E-state index contributed by atoms with van der Waals surface area (Å²) in [6, 6.07) is 19.1. The van der Waals surface area contributed by atoms with Crippen molar-refractivity contribution >= 4 is 27.5 Å². The molecule has 4 rings (SSSR count). The molecule has 0 fully saturated rings. The molecule has 2 aromatic carbocycles. The summed E-state index contributed by atoms with van der Waals surface area (Å²) in [6.07, 6.45) is 0. The number of esters is 1. The van der Waals surface area contributed by atoms with E-state index in [0.29, 0.717) is 12.2 Å². The van der Waals surface area contributed by atoms with E-state index in [2.05, 4.69) is 11.1 Å². The molecule has 0 aliphatic rings. The van der Waals surface area contributed by atoms with Gasteiger partial charge in [-0.2, -0.15) is 0 Å². The molecule has 0 unspecified atom stereocenters. The van der Waals surface area contributed by atoms with Crippen LogP contribution in [-0.2, 0) is 4.74 Å². The van der Waals surface area contributed by atoms with Crippen molar-refractivity contribution < 1.29 is 13.9 Å². The zero-order valence-electron chi connectivity index (χ0n) is 13.6. The maximum absolute atomic E-state index is 11.7. The number of hydrogen-bond acceptors (Lipinski definition) is 5. The SMILES string of the molecule is CCOC(=O)c1ccc(-c2ccc(-c3nc4ccccc4s3)o2)cc1. The second-order valence-electron chi connectivity index (χ2n) is 5.45. The van der Waals surface area contributed by atoms with Gasteiger partial charge in [0.05, 0.1) is 22.4 Å². The number of furan rings is 1. The molecule has 0 spiro atoms. The van der Waals surface area contributed by atoms with Crippen LogP contribution in [0.25, 0.3) is 32.3 Å². The predicted molar refractivity (Wildman–Crippen MR) is 98.7 cm³/mol. The van der Waals surface area contributed by atoms with E-state index in [9.17, 15) is 4.79 Å². The number of fused-ring (bicyclic) bond motifs is 1. The molecular formula is C20H15NO3S. The molecule has 4 aromatic rings. The Morgan fingerprint density at radius 2 is 1.80 bits per heavy atom. The number of para-hydroxylation sites is 1. The van der Waals surface area contributed by atoms with Crippen LogP contribution in [0, 0.1) is 0 Å². The third kappa shape index (κ3) is 3.06. The van der Waals surface area contributed by atoms with Crippen molar-refractivity contribution in [2.24, 2.45) is 0 Å². The fourth-order valence-corrected chi connectivity index (χ4v) is 3.50. The molecule has 2 aromatic heterocycles. The van der Waals surface area contributed by atoms with Crippen molar-refractivity contribution in [2.45, 2.75) is 6.92 Å². The number of carbonyl (C=O) groups excluding carboxylic acids is 1. The van der Waals surface area contributed by atoms with Crippen LogP contribution < -0.4 is 0 Å². The lowest BCUT2D eigenvalue weighted by molar-refractivity contribution is 0.0526. The zero-order chi connectivity index (χ0) is 17.2. The van der Waals surface area contributed by atoms with Crippen LogP contribution in [0.2, 0.25) is 0 Å². The average molecular weight is 349 g/mol. The molecule has 2 heterocycles. The number of rotatable bonds is 4. The van der Waals surface area contributed by atoms with Gasteiger partial charge in [0.15, 0.2) is 10.8 Å². The number of nitrogens with zero attached hydrogens (tertiary/aromatic N) is 1. The number of carbonyl (C=O) groups is 1. The quantitative estimate of drug-likeness (QED) is 0.463. The van der Waals surface area contributed by atoms with E-state index in [1.54, 1.807) is 30.4 Å². The first-order valence-electron chi connectivity index (χ1n) is 7.98. The maximum atomic E-state index is 11.7. The van der Waals surface area contributed by atoms with Crippen molar-refractivity contribution in [1.29, 1.82) is 0 Å². The van der Waals surface area contributed by atoms with Gasteiger partial charge in [-0.05, 0) is 43.3 Å². The lowest BCUT2D eigenvalue weighted by Gasteiger charge is -2.02. The fourth-order valence-electron chi connectivity index (χ4n) is 2.57. The monoisotopic (exact) mass is 349 g/mol. The fraction of sp³-hybridized carbons (Fsp3) is 0.100. The third-order valence-electron chi connectivity index (χ3n) is 3.79. The molecule has 0 aliphatic carbocycles. The van der Waals surface area contributed by atoms with Crippen LogP contribution in [0.3, 0.4) is 0 Å². The molecule has 25 heavy (non-hydrogen) atoms. The maximum Gasteiger partial charge on any atom is 0.338 e. The van der Waals surface area contributed by atoms with Gasteiger partial charge in [-0.1, -0.05) is 24.3 Å².